The van der Waals surface area contributed by atoms with Crippen LogP contribution in [0.15, 0.2) is 112 Å². The number of hydrogen-bond acceptors (Lipinski definition) is 5. The molecule has 1 N–H and O–H groups in total. The van der Waals surface area contributed by atoms with E-state index in [1.165, 1.54) is 29.2 Å². The molecule has 2 amide bonds. The zero-order chi connectivity index (χ0) is 33.3. The van der Waals surface area contributed by atoms with Crippen molar-refractivity contribution < 1.29 is 22.7 Å². The van der Waals surface area contributed by atoms with Gasteiger partial charge in [0.1, 0.15) is 18.3 Å². The first-order valence-corrected chi connectivity index (χ1v) is 17.5. The smallest absolute Gasteiger partial charge is 0.264 e. The second kappa shape index (κ2) is 16.1. The SMILES string of the molecule is CCOc1ccc(N(CC(=O)N(Cc2ccc(Br)cc2)[C@@H](Cc2ccccc2)C(=O)NC(C)C)S(=O)(=O)c2ccc(Cl)cc2)cc1. The lowest BCUT2D eigenvalue weighted by molar-refractivity contribution is -0.140. The number of ether oxygens (including phenoxy) is 1. The van der Waals surface area contributed by atoms with Gasteiger partial charge in [-0.2, -0.15) is 0 Å². The highest BCUT2D eigenvalue weighted by molar-refractivity contribution is 9.10. The van der Waals surface area contributed by atoms with Gasteiger partial charge in [0.2, 0.25) is 11.8 Å². The van der Waals surface area contributed by atoms with Gasteiger partial charge in [-0.05, 0) is 92.6 Å². The number of halogens is 2. The Balaban J connectivity index is 1.80. The monoisotopic (exact) mass is 725 g/mol. The van der Waals surface area contributed by atoms with Crippen LogP contribution in [0.1, 0.15) is 31.9 Å². The maximum absolute atomic E-state index is 14.5. The molecule has 4 aromatic carbocycles. The highest BCUT2D eigenvalue weighted by Crippen LogP contribution is 2.28. The Labute approximate surface area is 284 Å². The number of nitrogens with zero attached hydrogens (tertiary/aromatic N) is 2. The van der Waals surface area contributed by atoms with E-state index in [4.69, 9.17) is 16.3 Å². The lowest BCUT2D eigenvalue weighted by Crippen LogP contribution is -2.54. The van der Waals surface area contributed by atoms with E-state index in [-0.39, 0.29) is 35.5 Å². The minimum absolute atomic E-state index is 0.0311. The molecule has 0 fully saturated rings. The van der Waals surface area contributed by atoms with Gasteiger partial charge in [-0.1, -0.05) is 70.0 Å². The van der Waals surface area contributed by atoms with Crippen LogP contribution in [0.5, 0.6) is 5.75 Å². The van der Waals surface area contributed by atoms with E-state index in [0.717, 1.165) is 19.9 Å². The van der Waals surface area contributed by atoms with Crippen molar-refractivity contribution in [1.82, 2.24) is 10.2 Å². The van der Waals surface area contributed by atoms with Crippen molar-refractivity contribution in [2.45, 2.75) is 50.7 Å². The largest absolute Gasteiger partial charge is 0.494 e. The molecule has 11 heteroatoms. The lowest BCUT2D eigenvalue weighted by Gasteiger charge is -2.34. The molecule has 0 spiro atoms. The molecule has 0 heterocycles. The number of anilines is 1. The first-order chi connectivity index (χ1) is 22.0. The van der Waals surface area contributed by atoms with Crippen LogP contribution in [-0.2, 0) is 32.6 Å². The van der Waals surface area contributed by atoms with Crippen molar-refractivity contribution in [1.29, 1.82) is 0 Å². The molecule has 0 aliphatic carbocycles. The number of hydrogen-bond donors (Lipinski definition) is 1. The van der Waals surface area contributed by atoms with Crippen LogP contribution in [-0.4, -0.2) is 50.4 Å². The Kier molecular flexibility index (Phi) is 12.3. The number of carbonyl (C=O) groups is 2. The molecule has 0 aromatic heterocycles. The summed E-state index contributed by atoms with van der Waals surface area (Å²) in [4.78, 5) is 29.7. The van der Waals surface area contributed by atoms with Crippen LogP contribution < -0.4 is 14.4 Å². The van der Waals surface area contributed by atoms with Gasteiger partial charge in [0, 0.05) is 28.5 Å². The lowest BCUT2D eigenvalue weighted by atomic mass is 10.0. The first kappa shape index (κ1) is 35.0. The van der Waals surface area contributed by atoms with E-state index in [0.29, 0.717) is 17.4 Å². The van der Waals surface area contributed by atoms with Crippen LogP contribution in [0.25, 0.3) is 0 Å². The van der Waals surface area contributed by atoms with Crippen LogP contribution in [0, 0.1) is 0 Å². The third-order valence-corrected chi connectivity index (χ3v) is 9.65. The van der Waals surface area contributed by atoms with Gasteiger partial charge in [0.15, 0.2) is 0 Å². The molecular formula is C35H37BrClN3O5S. The summed E-state index contributed by atoms with van der Waals surface area (Å²) < 4.78 is 35.8. The molecular weight excluding hydrogens is 690 g/mol. The standard InChI is InChI=1S/C35H37BrClN3O5S/c1-4-45-31-18-16-30(17-19-31)40(46(43,44)32-20-14-29(37)15-21-32)24-34(41)39(23-27-10-12-28(36)13-11-27)33(35(42)38-25(2)3)22-26-8-6-5-7-9-26/h5-21,25,33H,4,22-24H2,1-3H3,(H,38,42)/t33-/m0/s1. The molecule has 0 radical (unpaired) electrons. The van der Waals surface area contributed by atoms with Crippen LogP contribution >= 0.6 is 27.5 Å². The van der Waals surface area contributed by atoms with Gasteiger partial charge in [-0.15, -0.1) is 0 Å². The summed E-state index contributed by atoms with van der Waals surface area (Å²) in [7, 11) is -4.25. The Bertz CT molecular complexity index is 1700. The molecule has 0 saturated carbocycles. The summed E-state index contributed by atoms with van der Waals surface area (Å²) >= 11 is 9.51. The number of benzene rings is 4. The molecule has 8 nitrogen and oxygen atoms in total. The van der Waals surface area contributed by atoms with Crippen LogP contribution in [0.2, 0.25) is 5.02 Å². The zero-order valence-electron chi connectivity index (χ0n) is 25.9. The van der Waals surface area contributed by atoms with Crippen molar-refractivity contribution in [3.63, 3.8) is 0 Å². The Morgan fingerprint density at radius 1 is 0.870 bits per heavy atom. The van der Waals surface area contributed by atoms with Crippen molar-refractivity contribution >= 4 is 55.1 Å². The van der Waals surface area contributed by atoms with E-state index in [1.54, 1.807) is 24.3 Å². The summed E-state index contributed by atoms with van der Waals surface area (Å²) in [5, 5.41) is 3.34. The molecule has 0 unspecified atom stereocenters. The normalized spacial score (nSPS) is 12.0. The van der Waals surface area contributed by atoms with Crippen LogP contribution in [0.4, 0.5) is 5.69 Å². The average Bonchev–Trinajstić information content (AvgIpc) is 3.03. The van der Waals surface area contributed by atoms with Gasteiger partial charge >= 0.3 is 0 Å². The molecule has 0 saturated heterocycles. The van der Waals surface area contributed by atoms with Crippen molar-refractivity contribution in [2.24, 2.45) is 0 Å². The molecule has 0 bridgehead atoms. The fourth-order valence-electron chi connectivity index (χ4n) is 4.86. The third kappa shape index (κ3) is 9.34. The zero-order valence-corrected chi connectivity index (χ0v) is 29.1. The van der Waals surface area contributed by atoms with E-state index in [9.17, 15) is 18.0 Å². The molecule has 0 aliphatic heterocycles. The summed E-state index contributed by atoms with van der Waals surface area (Å²) in [5.41, 5.74) is 1.90. The number of carbonyl (C=O) groups excluding carboxylic acids is 2. The summed E-state index contributed by atoms with van der Waals surface area (Å²) in [6.45, 7) is 5.51. The second-order valence-corrected chi connectivity index (χ2v) is 14.1. The molecule has 4 aromatic rings. The van der Waals surface area contributed by atoms with E-state index in [1.807, 2.05) is 75.4 Å². The molecule has 242 valence electrons. The minimum atomic E-state index is -4.25. The number of nitrogens with one attached hydrogen (secondary N) is 1. The predicted molar refractivity (Wildman–Crippen MR) is 185 cm³/mol. The number of sulfonamides is 1. The Morgan fingerprint density at radius 3 is 2.09 bits per heavy atom. The molecule has 4 rings (SSSR count). The third-order valence-electron chi connectivity index (χ3n) is 7.08. The highest BCUT2D eigenvalue weighted by atomic mass is 79.9. The quantitative estimate of drug-likeness (QED) is 0.153. The van der Waals surface area contributed by atoms with Gasteiger partial charge in [0.25, 0.3) is 10.0 Å². The number of amides is 2. The van der Waals surface area contributed by atoms with E-state index in [2.05, 4.69) is 21.2 Å². The van der Waals surface area contributed by atoms with Gasteiger partial charge < -0.3 is 15.0 Å². The Hall–Kier alpha value is -3.86. The van der Waals surface area contributed by atoms with Crippen LogP contribution in [0.3, 0.4) is 0 Å². The highest BCUT2D eigenvalue weighted by Gasteiger charge is 2.35. The van der Waals surface area contributed by atoms with Crippen molar-refractivity contribution in [3.8, 4) is 5.75 Å². The molecule has 1 atom stereocenters. The second-order valence-electron chi connectivity index (χ2n) is 10.9. The van der Waals surface area contributed by atoms with Crippen molar-refractivity contribution in [3.05, 3.63) is 124 Å². The minimum Gasteiger partial charge on any atom is -0.494 e. The maximum Gasteiger partial charge on any atom is 0.264 e. The summed E-state index contributed by atoms with van der Waals surface area (Å²) in [6, 6.07) is 28.0. The van der Waals surface area contributed by atoms with E-state index < -0.39 is 28.5 Å². The summed E-state index contributed by atoms with van der Waals surface area (Å²) in [6.07, 6.45) is 0.231. The maximum atomic E-state index is 14.5. The molecule has 0 aliphatic rings. The molecule has 46 heavy (non-hydrogen) atoms. The summed E-state index contributed by atoms with van der Waals surface area (Å²) in [5.74, 6) is -0.321. The topological polar surface area (TPSA) is 96.0 Å². The number of rotatable bonds is 14. The average molecular weight is 727 g/mol. The first-order valence-electron chi connectivity index (χ1n) is 14.9. The van der Waals surface area contributed by atoms with Gasteiger partial charge in [-0.3, -0.25) is 13.9 Å². The van der Waals surface area contributed by atoms with E-state index >= 15 is 0 Å². The predicted octanol–water partition coefficient (Wildman–Crippen LogP) is 6.86. The fraction of sp³-hybridized carbons (Fsp3) is 0.257. The van der Waals surface area contributed by atoms with Gasteiger partial charge in [-0.25, -0.2) is 8.42 Å². The Morgan fingerprint density at radius 2 is 1.50 bits per heavy atom. The fourth-order valence-corrected chi connectivity index (χ4v) is 6.66. The van der Waals surface area contributed by atoms with Crippen molar-refractivity contribution in [2.75, 3.05) is 17.5 Å². The van der Waals surface area contributed by atoms with Gasteiger partial charge in [0.05, 0.1) is 17.2 Å².